The smallest absolute Gasteiger partial charge is 0.328 e. The number of aliphatic carboxylic acids is 1. The van der Waals surface area contributed by atoms with Gasteiger partial charge in [0.2, 0.25) is 0 Å². The van der Waals surface area contributed by atoms with Crippen LogP contribution in [-0.4, -0.2) is 32.3 Å². The molecular formula is C9H13N3O3. The fraction of sp³-hybridized carbons (Fsp3) is 0.444. The van der Waals surface area contributed by atoms with Crippen LogP contribution in [0.25, 0.3) is 0 Å². The standard InChI is InChI=1S/C9H13N3O3/c1-9(2,8(14)15)11-7(13)6-4-5-10-12(6)3/h4-5H,1-3H3,(H,11,13)(H,14,15). The Balaban J connectivity index is 2.81. The quantitative estimate of drug-likeness (QED) is 0.737. The fourth-order valence-electron chi connectivity index (χ4n) is 0.998. The summed E-state index contributed by atoms with van der Waals surface area (Å²) in [6.45, 7) is 2.84. The molecule has 6 heteroatoms. The Morgan fingerprint density at radius 3 is 2.53 bits per heavy atom. The van der Waals surface area contributed by atoms with Gasteiger partial charge in [0, 0.05) is 13.2 Å². The van der Waals surface area contributed by atoms with Crippen LogP contribution in [0.3, 0.4) is 0 Å². The van der Waals surface area contributed by atoms with Crippen LogP contribution in [0, 0.1) is 0 Å². The predicted molar refractivity (Wildman–Crippen MR) is 52.4 cm³/mol. The lowest BCUT2D eigenvalue weighted by Gasteiger charge is -2.20. The topological polar surface area (TPSA) is 84.2 Å². The first kappa shape index (κ1) is 11.2. The SMILES string of the molecule is Cn1nccc1C(=O)NC(C)(C)C(=O)O. The molecule has 82 valence electrons. The van der Waals surface area contributed by atoms with Gasteiger partial charge in [0.15, 0.2) is 0 Å². The molecule has 0 aliphatic carbocycles. The Kier molecular flexibility index (Phi) is 2.78. The number of carboxylic acid groups (broad SMARTS) is 1. The van der Waals surface area contributed by atoms with Crippen molar-refractivity contribution in [3.63, 3.8) is 0 Å². The highest BCUT2D eigenvalue weighted by molar-refractivity contribution is 5.96. The molecule has 0 fully saturated rings. The maximum Gasteiger partial charge on any atom is 0.328 e. The molecular weight excluding hydrogens is 198 g/mol. The second-order valence-electron chi connectivity index (χ2n) is 3.72. The number of hydrogen-bond donors (Lipinski definition) is 2. The van der Waals surface area contributed by atoms with Crippen molar-refractivity contribution in [1.29, 1.82) is 0 Å². The van der Waals surface area contributed by atoms with E-state index in [4.69, 9.17) is 5.11 Å². The second kappa shape index (κ2) is 3.72. The number of rotatable bonds is 3. The fourth-order valence-corrected chi connectivity index (χ4v) is 0.998. The molecule has 0 spiro atoms. The zero-order chi connectivity index (χ0) is 11.6. The van der Waals surface area contributed by atoms with Gasteiger partial charge in [-0.25, -0.2) is 4.79 Å². The van der Waals surface area contributed by atoms with Gasteiger partial charge in [-0.2, -0.15) is 5.10 Å². The van der Waals surface area contributed by atoms with Crippen molar-refractivity contribution in [1.82, 2.24) is 15.1 Å². The van der Waals surface area contributed by atoms with E-state index in [1.54, 1.807) is 7.05 Å². The highest BCUT2D eigenvalue weighted by atomic mass is 16.4. The lowest BCUT2D eigenvalue weighted by atomic mass is 10.1. The summed E-state index contributed by atoms with van der Waals surface area (Å²) in [4.78, 5) is 22.4. The van der Waals surface area contributed by atoms with Crippen LogP contribution < -0.4 is 5.32 Å². The molecule has 0 atom stereocenters. The number of nitrogens with zero attached hydrogens (tertiary/aromatic N) is 2. The molecule has 0 bridgehead atoms. The highest BCUT2D eigenvalue weighted by Crippen LogP contribution is 2.05. The number of carboxylic acids is 1. The van der Waals surface area contributed by atoms with E-state index in [0.29, 0.717) is 5.69 Å². The van der Waals surface area contributed by atoms with Gasteiger partial charge in [-0.1, -0.05) is 0 Å². The van der Waals surface area contributed by atoms with Gasteiger partial charge in [-0.3, -0.25) is 9.48 Å². The molecule has 2 N–H and O–H groups in total. The third-order valence-electron chi connectivity index (χ3n) is 2.01. The van der Waals surface area contributed by atoms with Crippen molar-refractivity contribution in [2.24, 2.45) is 7.05 Å². The number of hydrogen-bond acceptors (Lipinski definition) is 3. The normalized spacial score (nSPS) is 11.1. The molecule has 15 heavy (non-hydrogen) atoms. The minimum absolute atomic E-state index is 0.323. The molecule has 1 rings (SSSR count). The minimum Gasteiger partial charge on any atom is -0.480 e. The van der Waals surface area contributed by atoms with Crippen LogP contribution >= 0.6 is 0 Å². The molecule has 0 unspecified atom stereocenters. The summed E-state index contributed by atoms with van der Waals surface area (Å²) in [5.41, 5.74) is -0.967. The van der Waals surface area contributed by atoms with Crippen molar-refractivity contribution < 1.29 is 14.7 Å². The van der Waals surface area contributed by atoms with E-state index >= 15 is 0 Å². The Bertz CT molecular complexity index is 395. The summed E-state index contributed by atoms with van der Waals surface area (Å²) in [5.74, 6) is -1.54. The number of aromatic nitrogens is 2. The average Bonchev–Trinajstić information content (AvgIpc) is 2.50. The molecule has 6 nitrogen and oxygen atoms in total. The van der Waals surface area contributed by atoms with Crippen LogP contribution in [-0.2, 0) is 11.8 Å². The lowest BCUT2D eigenvalue weighted by Crippen LogP contribution is -2.50. The highest BCUT2D eigenvalue weighted by Gasteiger charge is 2.29. The maximum atomic E-state index is 11.6. The van der Waals surface area contributed by atoms with Crippen molar-refractivity contribution in [3.8, 4) is 0 Å². The van der Waals surface area contributed by atoms with E-state index in [1.165, 1.54) is 30.8 Å². The Hall–Kier alpha value is -1.85. The van der Waals surface area contributed by atoms with Crippen LogP contribution in [0.15, 0.2) is 12.3 Å². The second-order valence-corrected chi connectivity index (χ2v) is 3.72. The minimum atomic E-state index is -1.29. The summed E-state index contributed by atoms with van der Waals surface area (Å²) in [5, 5.41) is 15.0. The number of aryl methyl sites for hydroxylation is 1. The third-order valence-corrected chi connectivity index (χ3v) is 2.01. The zero-order valence-corrected chi connectivity index (χ0v) is 8.81. The van der Waals surface area contributed by atoms with Gasteiger partial charge in [-0.15, -0.1) is 0 Å². The van der Waals surface area contributed by atoms with Gasteiger partial charge in [0.25, 0.3) is 5.91 Å². The Morgan fingerprint density at radius 2 is 2.13 bits per heavy atom. The van der Waals surface area contributed by atoms with Crippen molar-refractivity contribution in [2.45, 2.75) is 19.4 Å². The van der Waals surface area contributed by atoms with Gasteiger partial charge >= 0.3 is 5.97 Å². The summed E-state index contributed by atoms with van der Waals surface area (Å²) in [7, 11) is 1.61. The Labute approximate surface area is 86.9 Å². The Morgan fingerprint density at radius 1 is 1.53 bits per heavy atom. The molecule has 1 heterocycles. The molecule has 0 aliphatic heterocycles. The lowest BCUT2D eigenvalue weighted by molar-refractivity contribution is -0.143. The maximum absolute atomic E-state index is 11.6. The van der Waals surface area contributed by atoms with E-state index in [0.717, 1.165) is 0 Å². The molecule has 0 aromatic carbocycles. The van der Waals surface area contributed by atoms with E-state index in [2.05, 4.69) is 10.4 Å². The van der Waals surface area contributed by atoms with Crippen LogP contribution in [0.4, 0.5) is 0 Å². The molecule has 0 aliphatic rings. The molecule has 0 saturated carbocycles. The number of carbonyl (C=O) groups excluding carboxylic acids is 1. The zero-order valence-electron chi connectivity index (χ0n) is 8.81. The van der Waals surface area contributed by atoms with Crippen LogP contribution in [0.5, 0.6) is 0 Å². The number of nitrogens with one attached hydrogen (secondary N) is 1. The average molecular weight is 211 g/mol. The van der Waals surface area contributed by atoms with Crippen molar-refractivity contribution in [3.05, 3.63) is 18.0 Å². The summed E-state index contributed by atoms with van der Waals surface area (Å²) in [6.07, 6.45) is 1.47. The molecule has 1 aromatic heterocycles. The van der Waals surface area contributed by atoms with E-state index in [-0.39, 0.29) is 0 Å². The van der Waals surface area contributed by atoms with Crippen LogP contribution in [0.1, 0.15) is 24.3 Å². The van der Waals surface area contributed by atoms with Gasteiger partial charge in [0.05, 0.1) is 0 Å². The monoisotopic (exact) mass is 211 g/mol. The third kappa shape index (κ3) is 2.34. The number of amides is 1. The van der Waals surface area contributed by atoms with Crippen molar-refractivity contribution in [2.75, 3.05) is 0 Å². The first-order valence-corrected chi connectivity index (χ1v) is 4.38. The molecule has 1 aromatic rings. The van der Waals surface area contributed by atoms with Gasteiger partial charge < -0.3 is 10.4 Å². The summed E-state index contributed by atoms with van der Waals surface area (Å²) < 4.78 is 1.38. The first-order valence-electron chi connectivity index (χ1n) is 4.38. The molecule has 0 saturated heterocycles. The van der Waals surface area contributed by atoms with E-state index < -0.39 is 17.4 Å². The largest absolute Gasteiger partial charge is 0.480 e. The van der Waals surface area contributed by atoms with Gasteiger partial charge in [0.1, 0.15) is 11.2 Å². The number of carbonyl (C=O) groups is 2. The van der Waals surface area contributed by atoms with Crippen LogP contribution in [0.2, 0.25) is 0 Å². The molecule has 1 amide bonds. The van der Waals surface area contributed by atoms with E-state index in [9.17, 15) is 9.59 Å². The summed E-state index contributed by atoms with van der Waals surface area (Å²) in [6, 6.07) is 1.52. The predicted octanol–water partition coefficient (Wildman–Crippen LogP) is 0.0131. The first-order chi connectivity index (χ1) is 6.84. The van der Waals surface area contributed by atoms with Crippen molar-refractivity contribution >= 4 is 11.9 Å². The molecule has 0 radical (unpaired) electrons. The van der Waals surface area contributed by atoms with E-state index in [1.807, 2.05) is 0 Å². The summed E-state index contributed by atoms with van der Waals surface area (Å²) >= 11 is 0. The van der Waals surface area contributed by atoms with Gasteiger partial charge in [-0.05, 0) is 19.9 Å².